The molecule has 26 heavy (non-hydrogen) atoms. The van der Waals surface area contributed by atoms with Gasteiger partial charge in [-0.25, -0.2) is 18.7 Å². The Bertz CT molecular complexity index is 950. The van der Waals surface area contributed by atoms with Crippen LogP contribution in [-0.2, 0) is 6.54 Å². The van der Waals surface area contributed by atoms with Crippen molar-refractivity contribution < 1.29 is 14.3 Å². The summed E-state index contributed by atoms with van der Waals surface area (Å²) in [6.07, 6.45) is 4.80. The predicted molar refractivity (Wildman–Crippen MR) is 93.8 cm³/mol. The van der Waals surface area contributed by atoms with Crippen molar-refractivity contribution >= 4 is 17.3 Å². The lowest BCUT2D eigenvalue weighted by molar-refractivity contribution is 0.0698. The van der Waals surface area contributed by atoms with Crippen LogP contribution in [0, 0.1) is 5.82 Å². The van der Waals surface area contributed by atoms with Crippen LogP contribution < -0.4 is 4.90 Å². The maximum Gasteiger partial charge on any atom is 0.341 e. The smallest absolute Gasteiger partial charge is 0.341 e. The molecule has 1 saturated heterocycles. The third-order valence-corrected chi connectivity index (χ3v) is 4.61. The number of anilines is 1. The van der Waals surface area contributed by atoms with E-state index in [0.29, 0.717) is 17.9 Å². The standard InChI is InChI=1S/C18H18FN5O2/c19-15-3-1-2-4-16(15)23-7-5-22(6-8-23)11-13-9-20-17-14(18(25)26)10-21-24(17)12-13/h1-4,9-10,12H,5-8,11H2,(H,25,26). The van der Waals surface area contributed by atoms with Crippen LogP contribution in [0.5, 0.6) is 0 Å². The molecule has 2 aromatic heterocycles. The van der Waals surface area contributed by atoms with Crippen LogP contribution in [0.1, 0.15) is 15.9 Å². The van der Waals surface area contributed by atoms with E-state index in [1.165, 1.54) is 16.8 Å². The third-order valence-electron chi connectivity index (χ3n) is 4.61. The maximum atomic E-state index is 13.9. The summed E-state index contributed by atoms with van der Waals surface area (Å²) in [7, 11) is 0. The second kappa shape index (κ2) is 6.72. The predicted octanol–water partition coefficient (Wildman–Crippen LogP) is 1.89. The quantitative estimate of drug-likeness (QED) is 0.770. The molecular weight excluding hydrogens is 337 g/mol. The van der Waals surface area contributed by atoms with Crippen molar-refractivity contribution in [1.29, 1.82) is 0 Å². The highest BCUT2D eigenvalue weighted by atomic mass is 19.1. The number of carboxylic acid groups (broad SMARTS) is 1. The Kier molecular flexibility index (Phi) is 4.26. The fraction of sp³-hybridized carbons (Fsp3) is 0.278. The fourth-order valence-corrected chi connectivity index (χ4v) is 3.26. The van der Waals surface area contributed by atoms with Gasteiger partial charge in [-0.3, -0.25) is 4.90 Å². The first-order valence-electron chi connectivity index (χ1n) is 8.39. The van der Waals surface area contributed by atoms with Gasteiger partial charge in [0, 0.05) is 50.7 Å². The number of carbonyl (C=O) groups is 1. The van der Waals surface area contributed by atoms with Gasteiger partial charge in [0.2, 0.25) is 0 Å². The van der Waals surface area contributed by atoms with Crippen molar-refractivity contribution in [1.82, 2.24) is 19.5 Å². The normalized spacial score (nSPS) is 15.5. The summed E-state index contributed by atoms with van der Waals surface area (Å²) in [6, 6.07) is 6.84. The van der Waals surface area contributed by atoms with Gasteiger partial charge in [-0.15, -0.1) is 0 Å². The van der Waals surface area contributed by atoms with Crippen LogP contribution in [0.15, 0.2) is 42.9 Å². The van der Waals surface area contributed by atoms with Crippen molar-refractivity contribution in [3.8, 4) is 0 Å². The molecule has 1 aromatic carbocycles. The van der Waals surface area contributed by atoms with Crippen LogP contribution in [-0.4, -0.2) is 56.8 Å². The summed E-state index contributed by atoms with van der Waals surface area (Å²) in [6.45, 7) is 3.82. The summed E-state index contributed by atoms with van der Waals surface area (Å²) < 4.78 is 15.4. The number of benzene rings is 1. The second-order valence-electron chi connectivity index (χ2n) is 6.31. The number of para-hydroxylation sites is 1. The number of halogens is 1. The van der Waals surface area contributed by atoms with Gasteiger partial charge in [-0.05, 0) is 12.1 Å². The molecule has 4 rings (SSSR count). The largest absolute Gasteiger partial charge is 0.477 e. The molecule has 0 spiro atoms. The Morgan fingerprint density at radius 2 is 1.92 bits per heavy atom. The highest BCUT2D eigenvalue weighted by Crippen LogP contribution is 2.20. The number of aromatic nitrogens is 3. The Morgan fingerprint density at radius 3 is 2.65 bits per heavy atom. The van der Waals surface area contributed by atoms with Crippen LogP contribution in [0.25, 0.3) is 5.65 Å². The molecule has 0 atom stereocenters. The Hall–Kier alpha value is -3.00. The Labute approximate surface area is 149 Å². The lowest BCUT2D eigenvalue weighted by Gasteiger charge is -2.36. The van der Waals surface area contributed by atoms with Gasteiger partial charge in [0.05, 0.1) is 11.9 Å². The minimum atomic E-state index is -1.04. The number of aromatic carboxylic acids is 1. The van der Waals surface area contributed by atoms with E-state index in [2.05, 4.69) is 19.9 Å². The number of rotatable bonds is 4. The summed E-state index contributed by atoms with van der Waals surface area (Å²) in [4.78, 5) is 19.7. The molecule has 1 N–H and O–H groups in total. The zero-order chi connectivity index (χ0) is 18.1. The van der Waals surface area contributed by atoms with E-state index >= 15 is 0 Å². The third kappa shape index (κ3) is 3.11. The number of piperazine rings is 1. The van der Waals surface area contributed by atoms with Crippen molar-refractivity contribution in [3.63, 3.8) is 0 Å². The first-order chi connectivity index (χ1) is 12.6. The van der Waals surface area contributed by atoms with E-state index in [1.807, 2.05) is 6.07 Å². The lowest BCUT2D eigenvalue weighted by Crippen LogP contribution is -2.46. The highest BCUT2D eigenvalue weighted by Gasteiger charge is 2.20. The van der Waals surface area contributed by atoms with E-state index in [0.717, 1.165) is 31.7 Å². The van der Waals surface area contributed by atoms with Gasteiger partial charge in [0.1, 0.15) is 11.4 Å². The van der Waals surface area contributed by atoms with Crippen LogP contribution in [0.3, 0.4) is 0 Å². The molecule has 7 nitrogen and oxygen atoms in total. The van der Waals surface area contributed by atoms with E-state index in [4.69, 9.17) is 5.11 Å². The van der Waals surface area contributed by atoms with Gasteiger partial charge in [0.25, 0.3) is 0 Å². The van der Waals surface area contributed by atoms with Crippen molar-refractivity contribution in [2.45, 2.75) is 6.54 Å². The average molecular weight is 355 g/mol. The second-order valence-corrected chi connectivity index (χ2v) is 6.31. The van der Waals surface area contributed by atoms with Gasteiger partial charge in [-0.1, -0.05) is 12.1 Å². The number of hydrogen-bond donors (Lipinski definition) is 1. The minimum Gasteiger partial charge on any atom is -0.477 e. The van der Waals surface area contributed by atoms with E-state index in [-0.39, 0.29) is 11.4 Å². The van der Waals surface area contributed by atoms with E-state index in [9.17, 15) is 9.18 Å². The van der Waals surface area contributed by atoms with Gasteiger partial charge in [-0.2, -0.15) is 5.10 Å². The van der Waals surface area contributed by atoms with Gasteiger partial charge < -0.3 is 10.0 Å². The van der Waals surface area contributed by atoms with Crippen molar-refractivity contribution in [2.24, 2.45) is 0 Å². The summed E-state index contributed by atoms with van der Waals surface area (Å²) in [5, 5.41) is 13.2. The van der Waals surface area contributed by atoms with Crippen LogP contribution >= 0.6 is 0 Å². The first kappa shape index (κ1) is 16.5. The van der Waals surface area contributed by atoms with Crippen LogP contribution in [0.2, 0.25) is 0 Å². The molecule has 1 aliphatic rings. The monoisotopic (exact) mass is 355 g/mol. The molecule has 0 saturated carbocycles. The lowest BCUT2D eigenvalue weighted by atomic mass is 10.2. The van der Waals surface area contributed by atoms with Crippen molar-refractivity contribution in [3.05, 3.63) is 59.8 Å². The summed E-state index contributed by atoms with van der Waals surface area (Å²) >= 11 is 0. The number of hydrogen-bond acceptors (Lipinski definition) is 5. The molecule has 0 radical (unpaired) electrons. The zero-order valence-electron chi connectivity index (χ0n) is 14.0. The molecule has 134 valence electrons. The number of nitrogens with zero attached hydrogens (tertiary/aromatic N) is 5. The van der Waals surface area contributed by atoms with E-state index in [1.54, 1.807) is 24.5 Å². The molecular formula is C18H18FN5O2. The SMILES string of the molecule is O=C(O)c1cnn2cc(CN3CCN(c4ccccc4F)CC3)cnc12. The molecule has 3 aromatic rings. The number of fused-ring (bicyclic) bond motifs is 1. The Morgan fingerprint density at radius 1 is 1.15 bits per heavy atom. The topological polar surface area (TPSA) is 74.0 Å². The maximum absolute atomic E-state index is 13.9. The Balaban J connectivity index is 1.42. The first-order valence-corrected chi connectivity index (χ1v) is 8.39. The van der Waals surface area contributed by atoms with E-state index < -0.39 is 5.97 Å². The average Bonchev–Trinajstić information content (AvgIpc) is 3.06. The van der Waals surface area contributed by atoms with Crippen molar-refractivity contribution in [2.75, 3.05) is 31.1 Å². The zero-order valence-corrected chi connectivity index (χ0v) is 14.0. The molecule has 0 aliphatic carbocycles. The summed E-state index contributed by atoms with van der Waals surface area (Å²) in [5.41, 5.74) is 2.03. The molecule has 0 unspecified atom stereocenters. The molecule has 1 aliphatic heterocycles. The fourth-order valence-electron chi connectivity index (χ4n) is 3.26. The minimum absolute atomic E-state index is 0.0926. The molecule has 8 heteroatoms. The summed E-state index contributed by atoms with van der Waals surface area (Å²) in [5.74, 6) is -1.23. The number of carboxylic acids is 1. The van der Waals surface area contributed by atoms with Gasteiger partial charge in [0.15, 0.2) is 5.65 Å². The highest BCUT2D eigenvalue weighted by molar-refractivity contribution is 5.93. The van der Waals surface area contributed by atoms with Gasteiger partial charge >= 0.3 is 5.97 Å². The molecule has 3 heterocycles. The molecule has 1 fully saturated rings. The van der Waals surface area contributed by atoms with Crippen LogP contribution in [0.4, 0.5) is 10.1 Å². The molecule has 0 bridgehead atoms. The molecule has 0 amide bonds.